The second-order valence-electron chi connectivity index (χ2n) is 5.38. The van der Waals surface area contributed by atoms with Crippen molar-refractivity contribution in [2.45, 2.75) is 51.2 Å². The summed E-state index contributed by atoms with van der Waals surface area (Å²) in [6.07, 6.45) is 6.11. The van der Waals surface area contributed by atoms with Gasteiger partial charge in [-0.05, 0) is 45.1 Å². The number of rotatable bonds is 3. The highest BCUT2D eigenvalue weighted by Crippen LogP contribution is 2.28. The molecule has 1 N–H and O–H groups in total. The summed E-state index contributed by atoms with van der Waals surface area (Å²) >= 11 is 0. The maximum atomic E-state index is 9.78. The second kappa shape index (κ2) is 5.99. The molecular formula is C13H25NO2. The van der Waals surface area contributed by atoms with E-state index in [1.54, 1.807) is 0 Å². The van der Waals surface area contributed by atoms with Gasteiger partial charge in [0.15, 0.2) is 0 Å². The van der Waals surface area contributed by atoms with Crippen LogP contribution < -0.4 is 0 Å². The average Bonchev–Trinajstić information content (AvgIpc) is 2.54. The molecule has 1 aliphatic heterocycles. The Balaban J connectivity index is 1.71. The maximum Gasteiger partial charge on any atom is 0.0673 e. The van der Waals surface area contributed by atoms with E-state index in [2.05, 4.69) is 11.8 Å². The molecule has 3 unspecified atom stereocenters. The van der Waals surface area contributed by atoms with Crippen molar-refractivity contribution in [2.24, 2.45) is 5.92 Å². The summed E-state index contributed by atoms with van der Waals surface area (Å²) in [6.45, 7) is 6.41. The summed E-state index contributed by atoms with van der Waals surface area (Å²) < 4.78 is 5.63. The Kier molecular flexibility index (Phi) is 4.62. The van der Waals surface area contributed by atoms with E-state index in [1.807, 2.05) is 0 Å². The van der Waals surface area contributed by atoms with Crippen molar-refractivity contribution < 1.29 is 9.84 Å². The van der Waals surface area contributed by atoms with E-state index in [-0.39, 0.29) is 6.10 Å². The number of hydrogen-bond acceptors (Lipinski definition) is 3. The molecule has 1 saturated heterocycles. The van der Waals surface area contributed by atoms with Gasteiger partial charge in [-0.1, -0.05) is 6.42 Å². The van der Waals surface area contributed by atoms with Crippen LogP contribution in [-0.2, 0) is 4.74 Å². The highest BCUT2D eigenvalue weighted by Gasteiger charge is 2.25. The second-order valence-corrected chi connectivity index (χ2v) is 5.38. The molecule has 94 valence electrons. The van der Waals surface area contributed by atoms with Gasteiger partial charge in [-0.3, -0.25) is 0 Å². The molecule has 1 saturated carbocycles. The Morgan fingerprint density at radius 3 is 2.94 bits per heavy atom. The summed E-state index contributed by atoms with van der Waals surface area (Å²) in [4.78, 5) is 2.50. The van der Waals surface area contributed by atoms with Gasteiger partial charge in [-0.25, -0.2) is 0 Å². The largest absolute Gasteiger partial charge is 0.393 e. The van der Waals surface area contributed by atoms with E-state index in [0.29, 0.717) is 12.0 Å². The van der Waals surface area contributed by atoms with Gasteiger partial charge in [0, 0.05) is 19.7 Å². The van der Waals surface area contributed by atoms with Gasteiger partial charge in [0.1, 0.15) is 0 Å². The van der Waals surface area contributed by atoms with Crippen molar-refractivity contribution >= 4 is 0 Å². The zero-order chi connectivity index (χ0) is 11.4. The van der Waals surface area contributed by atoms with Crippen LogP contribution in [0.5, 0.6) is 0 Å². The summed E-state index contributed by atoms with van der Waals surface area (Å²) in [5, 5.41) is 9.78. The topological polar surface area (TPSA) is 32.7 Å². The third kappa shape index (κ3) is 3.44. The summed E-state index contributed by atoms with van der Waals surface area (Å²) in [6, 6.07) is 0. The van der Waals surface area contributed by atoms with E-state index in [9.17, 15) is 5.11 Å². The number of ether oxygens (including phenoxy) is 1. The highest BCUT2D eigenvalue weighted by atomic mass is 16.5. The molecule has 3 atom stereocenters. The maximum absolute atomic E-state index is 9.78. The zero-order valence-electron chi connectivity index (χ0n) is 10.4. The molecular weight excluding hydrogens is 202 g/mol. The summed E-state index contributed by atoms with van der Waals surface area (Å²) in [5.74, 6) is 0.555. The quantitative estimate of drug-likeness (QED) is 0.795. The van der Waals surface area contributed by atoms with Crippen LogP contribution in [0, 0.1) is 5.92 Å². The number of aliphatic hydroxyl groups excluding tert-OH is 1. The minimum atomic E-state index is -0.0272. The first kappa shape index (κ1) is 12.3. The molecule has 0 bridgehead atoms. The van der Waals surface area contributed by atoms with Crippen molar-refractivity contribution in [3.63, 3.8) is 0 Å². The number of aliphatic hydroxyl groups is 1. The van der Waals surface area contributed by atoms with Crippen molar-refractivity contribution in [3.05, 3.63) is 0 Å². The molecule has 0 amide bonds. The van der Waals surface area contributed by atoms with Crippen LogP contribution in [0.4, 0.5) is 0 Å². The highest BCUT2D eigenvalue weighted by molar-refractivity contribution is 4.78. The normalized spacial score (nSPS) is 37.5. The molecule has 1 heterocycles. The van der Waals surface area contributed by atoms with E-state index in [0.717, 1.165) is 45.5 Å². The van der Waals surface area contributed by atoms with E-state index in [1.165, 1.54) is 12.8 Å². The lowest BCUT2D eigenvalue weighted by molar-refractivity contribution is 0.0649. The first-order valence-corrected chi connectivity index (χ1v) is 6.77. The third-order valence-electron chi connectivity index (χ3n) is 3.97. The Morgan fingerprint density at radius 1 is 1.31 bits per heavy atom. The molecule has 0 aromatic carbocycles. The average molecular weight is 227 g/mol. The molecule has 2 aliphatic rings. The van der Waals surface area contributed by atoms with Gasteiger partial charge < -0.3 is 14.7 Å². The minimum Gasteiger partial charge on any atom is -0.393 e. The smallest absolute Gasteiger partial charge is 0.0673 e. The van der Waals surface area contributed by atoms with Crippen LogP contribution in [0.1, 0.15) is 39.0 Å². The first-order valence-electron chi connectivity index (χ1n) is 6.77. The molecule has 3 heteroatoms. The molecule has 0 aromatic rings. The summed E-state index contributed by atoms with van der Waals surface area (Å²) in [5.41, 5.74) is 0. The number of nitrogens with zero attached hydrogens (tertiary/aromatic N) is 1. The van der Waals surface area contributed by atoms with Crippen LogP contribution in [0.25, 0.3) is 0 Å². The van der Waals surface area contributed by atoms with Gasteiger partial charge in [-0.2, -0.15) is 0 Å². The Bertz CT molecular complexity index is 210. The summed E-state index contributed by atoms with van der Waals surface area (Å²) in [7, 11) is 0. The first-order chi connectivity index (χ1) is 7.75. The monoisotopic (exact) mass is 227 g/mol. The predicted octanol–water partition coefficient (Wildman–Crippen LogP) is 1.65. The van der Waals surface area contributed by atoms with E-state index < -0.39 is 0 Å². The molecule has 0 spiro atoms. The lowest BCUT2D eigenvalue weighted by atomic mass is 10.0. The standard InChI is InChI=1S/C13H25NO2/c1-11-10-14(7-3-9-16-11)8-6-12-4-2-5-13(12)15/h11-13,15H,2-10H2,1H3. The van der Waals surface area contributed by atoms with E-state index >= 15 is 0 Å². The van der Waals surface area contributed by atoms with Gasteiger partial charge >= 0.3 is 0 Å². The number of hydrogen-bond donors (Lipinski definition) is 1. The van der Waals surface area contributed by atoms with E-state index in [4.69, 9.17) is 4.74 Å². The zero-order valence-corrected chi connectivity index (χ0v) is 10.4. The SMILES string of the molecule is CC1CN(CCC2CCCC2O)CCCO1. The Labute approximate surface area is 98.8 Å². The van der Waals surface area contributed by atoms with Crippen LogP contribution in [0.15, 0.2) is 0 Å². The van der Waals surface area contributed by atoms with Crippen LogP contribution >= 0.6 is 0 Å². The van der Waals surface area contributed by atoms with Crippen molar-refractivity contribution in [1.82, 2.24) is 4.90 Å². The molecule has 2 rings (SSSR count). The molecule has 2 fully saturated rings. The molecule has 16 heavy (non-hydrogen) atoms. The van der Waals surface area contributed by atoms with Crippen LogP contribution in [0.2, 0.25) is 0 Å². The van der Waals surface area contributed by atoms with Gasteiger partial charge in [0.25, 0.3) is 0 Å². The van der Waals surface area contributed by atoms with Gasteiger partial charge in [0.05, 0.1) is 12.2 Å². The third-order valence-corrected chi connectivity index (χ3v) is 3.97. The van der Waals surface area contributed by atoms with Crippen LogP contribution in [-0.4, -0.2) is 48.5 Å². The molecule has 0 aromatic heterocycles. The van der Waals surface area contributed by atoms with Crippen molar-refractivity contribution in [3.8, 4) is 0 Å². The fraction of sp³-hybridized carbons (Fsp3) is 1.00. The fourth-order valence-corrected chi connectivity index (χ4v) is 2.99. The van der Waals surface area contributed by atoms with Crippen molar-refractivity contribution in [2.75, 3.05) is 26.2 Å². The lowest BCUT2D eigenvalue weighted by Gasteiger charge is -2.24. The minimum absolute atomic E-state index is 0.0272. The van der Waals surface area contributed by atoms with Gasteiger partial charge in [0.2, 0.25) is 0 Å². The molecule has 1 aliphatic carbocycles. The fourth-order valence-electron chi connectivity index (χ4n) is 2.99. The lowest BCUT2D eigenvalue weighted by Crippen LogP contribution is -2.32. The van der Waals surface area contributed by atoms with Crippen LogP contribution in [0.3, 0.4) is 0 Å². The predicted molar refractivity (Wildman–Crippen MR) is 64.4 cm³/mol. The van der Waals surface area contributed by atoms with Crippen molar-refractivity contribution in [1.29, 1.82) is 0 Å². The Hall–Kier alpha value is -0.120. The molecule has 0 radical (unpaired) electrons. The Morgan fingerprint density at radius 2 is 2.19 bits per heavy atom. The van der Waals surface area contributed by atoms with Gasteiger partial charge in [-0.15, -0.1) is 0 Å². The molecule has 3 nitrogen and oxygen atoms in total.